The first-order chi connectivity index (χ1) is 7.90. The Morgan fingerprint density at radius 1 is 1.12 bits per heavy atom. The van der Waals surface area contributed by atoms with Crippen molar-refractivity contribution in [1.29, 1.82) is 0 Å². The molecule has 2 aromatic rings. The highest BCUT2D eigenvalue weighted by Crippen LogP contribution is 2.22. The molecule has 1 aromatic carbocycles. The largest absolute Gasteiger partial charge is 0.494 e. The molecule has 1 radical (unpaired) electrons. The summed E-state index contributed by atoms with van der Waals surface area (Å²) in [6.07, 6.45) is 4.39. The van der Waals surface area contributed by atoms with Crippen molar-refractivity contribution in [3.8, 4) is 16.9 Å². The first-order valence-electron chi connectivity index (χ1n) is 5.32. The summed E-state index contributed by atoms with van der Waals surface area (Å²) in [6.45, 7) is 4.40. The van der Waals surface area contributed by atoms with Crippen LogP contribution in [-0.4, -0.2) is 11.6 Å². The van der Waals surface area contributed by atoms with Gasteiger partial charge in [0.2, 0.25) is 0 Å². The van der Waals surface area contributed by atoms with E-state index in [0.29, 0.717) is 6.61 Å². The van der Waals surface area contributed by atoms with E-state index < -0.39 is 0 Å². The lowest BCUT2D eigenvalue weighted by molar-refractivity contribution is 0.324. The lowest BCUT2D eigenvalue weighted by Gasteiger charge is -2.06. The smallest absolute Gasteiger partial charge is 0.119 e. The highest BCUT2D eigenvalue weighted by Gasteiger charge is 1.99. The van der Waals surface area contributed by atoms with Gasteiger partial charge in [-0.25, -0.2) is 0 Å². The van der Waals surface area contributed by atoms with Gasteiger partial charge in [-0.15, -0.1) is 0 Å². The predicted molar refractivity (Wildman–Crippen MR) is 65.1 cm³/mol. The lowest BCUT2D eigenvalue weighted by Crippen LogP contribution is -1.94. The summed E-state index contributed by atoms with van der Waals surface area (Å²) >= 11 is 0. The van der Waals surface area contributed by atoms with Crippen molar-refractivity contribution in [2.45, 2.75) is 6.42 Å². The van der Waals surface area contributed by atoms with Gasteiger partial charge in [-0.3, -0.25) is 4.98 Å². The first kappa shape index (κ1) is 10.7. The van der Waals surface area contributed by atoms with Gasteiger partial charge in [-0.2, -0.15) is 0 Å². The number of ether oxygens (including phenoxy) is 1. The molecule has 0 amide bonds. The molecule has 0 saturated heterocycles. The quantitative estimate of drug-likeness (QED) is 0.775. The number of rotatable bonds is 4. The topological polar surface area (TPSA) is 22.1 Å². The van der Waals surface area contributed by atoms with Crippen LogP contribution in [0.3, 0.4) is 0 Å². The monoisotopic (exact) mass is 212 g/mol. The summed E-state index contributed by atoms with van der Waals surface area (Å²) in [5.41, 5.74) is 2.22. The van der Waals surface area contributed by atoms with Crippen LogP contribution in [0.1, 0.15) is 6.42 Å². The number of benzene rings is 1. The Labute approximate surface area is 95.9 Å². The van der Waals surface area contributed by atoms with E-state index in [1.807, 2.05) is 42.6 Å². The van der Waals surface area contributed by atoms with E-state index >= 15 is 0 Å². The van der Waals surface area contributed by atoms with Crippen LogP contribution in [0.2, 0.25) is 0 Å². The second-order valence-corrected chi connectivity index (χ2v) is 3.47. The molecule has 0 unspecified atom stereocenters. The minimum Gasteiger partial charge on any atom is -0.494 e. The Morgan fingerprint density at radius 2 is 2.00 bits per heavy atom. The van der Waals surface area contributed by atoms with Crippen molar-refractivity contribution in [2.75, 3.05) is 6.61 Å². The van der Waals surface area contributed by atoms with Crippen LogP contribution in [0, 0.1) is 6.92 Å². The van der Waals surface area contributed by atoms with Crippen LogP contribution in [-0.2, 0) is 0 Å². The number of nitrogens with zero attached hydrogens (tertiary/aromatic N) is 1. The molecule has 2 nitrogen and oxygen atoms in total. The zero-order valence-corrected chi connectivity index (χ0v) is 9.10. The second-order valence-electron chi connectivity index (χ2n) is 3.47. The molecule has 1 heterocycles. The highest BCUT2D eigenvalue weighted by molar-refractivity contribution is 5.63. The van der Waals surface area contributed by atoms with E-state index in [9.17, 15) is 0 Å². The molecule has 16 heavy (non-hydrogen) atoms. The third kappa shape index (κ3) is 2.60. The number of aromatic nitrogens is 1. The van der Waals surface area contributed by atoms with Gasteiger partial charge >= 0.3 is 0 Å². The molecule has 0 atom stereocenters. The van der Waals surface area contributed by atoms with Gasteiger partial charge in [0.05, 0.1) is 6.61 Å². The van der Waals surface area contributed by atoms with Crippen LogP contribution >= 0.6 is 0 Å². The summed E-state index contributed by atoms with van der Waals surface area (Å²) in [6, 6.07) is 12.0. The van der Waals surface area contributed by atoms with Crippen LogP contribution in [0.5, 0.6) is 5.75 Å². The van der Waals surface area contributed by atoms with Gasteiger partial charge in [0.15, 0.2) is 0 Å². The number of hydrogen-bond acceptors (Lipinski definition) is 2. The van der Waals surface area contributed by atoms with Crippen molar-refractivity contribution in [3.05, 3.63) is 55.7 Å². The normalized spacial score (nSPS) is 10.1. The highest BCUT2D eigenvalue weighted by atomic mass is 16.5. The molecule has 0 aliphatic carbocycles. The Morgan fingerprint density at radius 3 is 2.75 bits per heavy atom. The van der Waals surface area contributed by atoms with Gasteiger partial charge in [0.1, 0.15) is 5.75 Å². The van der Waals surface area contributed by atoms with E-state index in [2.05, 4.69) is 11.9 Å². The van der Waals surface area contributed by atoms with Gasteiger partial charge < -0.3 is 4.74 Å². The number of hydrogen-bond donors (Lipinski definition) is 0. The SMILES string of the molecule is [CH2]CCOc1cccc(-c2cccnc2)c1. The molecular formula is C14H14NO. The Bertz CT molecular complexity index is 439. The van der Waals surface area contributed by atoms with Gasteiger partial charge in [-0.1, -0.05) is 18.2 Å². The predicted octanol–water partition coefficient (Wildman–Crippen LogP) is 3.35. The Hall–Kier alpha value is -1.83. The molecule has 0 aliphatic heterocycles. The van der Waals surface area contributed by atoms with Crippen LogP contribution in [0.4, 0.5) is 0 Å². The molecule has 0 saturated carbocycles. The van der Waals surface area contributed by atoms with Crippen molar-refractivity contribution in [3.63, 3.8) is 0 Å². The fraction of sp³-hybridized carbons (Fsp3) is 0.143. The summed E-state index contributed by atoms with van der Waals surface area (Å²) in [5, 5.41) is 0. The zero-order chi connectivity index (χ0) is 11.2. The summed E-state index contributed by atoms with van der Waals surface area (Å²) in [4.78, 5) is 4.10. The fourth-order valence-corrected chi connectivity index (χ4v) is 1.49. The van der Waals surface area contributed by atoms with Crippen molar-refractivity contribution in [1.82, 2.24) is 4.98 Å². The van der Waals surface area contributed by atoms with E-state index in [1.165, 1.54) is 0 Å². The van der Waals surface area contributed by atoms with E-state index in [4.69, 9.17) is 4.74 Å². The van der Waals surface area contributed by atoms with Crippen LogP contribution in [0.25, 0.3) is 11.1 Å². The van der Waals surface area contributed by atoms with E-state index in [0.717, 1.165) is 23.3 Å². The maximum Gasteiger partial charge on any atom is 0.119 e. The molecule has 2 heteroatoms. The van der Waals surface area contributed by atoms with Crippen molar-refractivity contribution >= 4 is 0 Å². The minimum atomic E-state index is 0.649. The minimum absolute atomic E-state index is 0.649. The third-order valence-corrected chi connectivity index (χ3v) is 2.24. The second kappa shape index (κ2) is 5.31. The molecule has 2 rings (SSSR count). The lowest BCUT2D eigenvalue weighted by atomic mass is 10.1. The van der Waals surface area contributed by atoms with Gasteiger partial charge in [-0.05, 0) is 37.1 Å². The molecule has 0 fully saturated rings. The molecule has 0 spiro atoms. The van der Waals surface area contributed by atoms with Gasteiger partial charge in [0.25, 0.3) is 0 Å². The van der Waals surface area contributed by atoms with Crippen LogP contribution < -0.4 is 4.74 Å². The Balaban J connectivity index is 2.22. The van der Waals surface area contributed by atoms with Crippen LogP contribution in [0.15, 0.2) is 48.8 Å². The molecule has 0 aliphatic rings. The third-order valence-electron chi connectivity index (χ3n) is 2.24. The fourth-order valence-electron chi connectivity index (χ4n) is 1.49. The molecule has 1 aromatic heterocycles. The summed E-state index contributed by atoms with van der Waals surface area (Å²) in [7, 11) is 0. The summed E-state index contributed by atoms with van der Waals surface area (Å²) < 4.78 is 5.53. The standard InChI is InChI=1S/C14H14NO/c1-2-9-16-14-7-3-5-12(10-14)13-6-4-8-15-11-13/h3-8,10-11H,1-2,9H2. The Kier molecular flexibility index (Phi) is 3.54. The number of pyridine rings is 1. The molecule has 0 bridgehead atoms. The molecule has 81 valence electrons. The van der Waals surface area contributed by atoms with Crippen molar-refractivity contribution < 1.29 is 4.74 Å². The molecule has 0 N–H and O–H groups in total. The average Bonchev–Trinajstić information content (AvgIpc) is 2.38. The first-order valence-corrected chi connectivity index (χ1v) is 5.32. The van der Waals surface area contributed by atoms with Crippen molar-refractivity contribution in [2.24, 2.45) is 0 Å². The average molecular weight is 212 g/mol. The van der Waals surface area contributed by atoms with E-state index in [1.54, 1.807) is 6.20 Å². The maximum absolute atomic E-state index is 5.53. The summed E-state index contributed by atoms with van der Waals surface area (Å²) in [5.74, 6) is 0.880. The zero-order valence-electron chi connectivity index (χ0n) is 9.10. The van der Waals surface area contributed by atoms with E-state index in [-0.39, 0.29) is 0 Å². The maximum atomic E-state index is 5.53. The van der Waals surface area contributed by atoms with Gasteiger partial charge in [0, 0.05) is 18.0 Å². The molecular weight excluding hydrogens is 198 g/mol.